The predicted molar refractivity (Wildman–Crippen MR) is 113 cm³/mol. The number of para-hydroxylation sites is 2. The Morgan fingerprint density at radius 2 is 1.86 bits per heavy atom. The molecule has 3 aromatic rings. The molecule has 0 unspecified atom stereocenters. The van der Waals surface area contributed by atoms with E-state index in [0.29, 0.717) is 0 Å². The summed E-state index contributed by atoms with van der Waals surface area (Å²) < 4.78 is 1.24. The van der Waals surface area contributed by atoms with E-state index in [0.717, 1.165) is 54.5 Å². The third kappa shape index (κ3) is 4.22. The van der Waals surface area contributed by atoms with Crippen LogP contribution in [0, 0.1) is 0 Å². The van der Waals surface area contributed by atoms with E-state index in [1.807, 2.05) is 24.3 Å². The van der Waals surface area contributed by atoms with Crippen molar-refractivity contribution in [2.75, 3.05) is 31.1 Å². The Hall–Kier alpha value is -2.74. The fourth-order valence-electron chi connectivity index (χ4n) is 3.44. The highest BCUT2D eigenvalue weighted by atomic mass is 32.1. The Labute approximate surface area is 167 Å². The summed E-state index contributed by atoms with van der Waals surface area (Å²) in [5, 5.41) is 9.82. The van der Waals surface area contributed by atoms with Gasteiger partial charge in [-0.05, 0) is 29.8 Å². The summed E-state index contributed by atoms with van der Waals surface area (Å²) in [5.41, 5.74) is 4.76. The summed E-state index contributed by atoms with van der Waals surface area (Å²) in [6, 6.07) is 16.3. The maximum absolute atomic E-state index is 11.3. The molecular formula is C21H22N4O2S. The molecule has 1 aliphatic rings. The second kappa shape index (κ2) is 8.52. The lowest BCUT2D eigenvalue weighted by molar-refractivity contribution is -0.124. The maximum atomic E-state index is 11.3. The molecule has 0 atom stereocenters. The van der Waals surface area contributed by atoms with Gasteiger partial charge < -0.3 is 4.90 Å². The average molecular weight is 395 g/mol. The van der Waals surface area contributed by atoms with Gasteiger partial charge in [0.1, 0.15) is 5.01 Å². The molecule has 1 fully saturated rings. The van der Waals surface area contributed by atoms with Gasteiger partial charge in [0, 0.05) is 37.9 Å². The van der Waals surface area contributed by atoms with Gasteiger partial charge in [0.15, 0.2) is 0 Å². The fourth-order valence-corrected chi connectivity index (χ4v) is 4.45. The lowest BCUT2D eigenvalue weighted by atomic mass is 10.1. The van der Waals surface area contributed by atoms with E-state index >= 15 is 0 Å². The Morgan fingerprint density at radius 1 is 1.11 bits per heavy atom. The number of carbonyl (C=O) groups is 1. The molecule has 0 spiro atoms. The number of piperazine rings is 1. The molecule has 2 aromatic carbocycles. The number of anilines is 1. The molecule has 6 nitrogen and oxygen atoms in total. The number of nitrogens with one attached hydrogen (secondary N) is 1. The lowest BCUT2D eigenvalue weighted by Crippen LogP contribution is -2.46. The van der Waals surface area contributed by atoms with Gasteiger partial charge in [0.05, 0.1) is 16.8 Å². The van der Waals surface area contributed by atoms with E-state index in [9.17, 15) is 4.79 Å². The van der Waals surface area contributed by atoms with Crippen LogP contribution in [0.25, 0.3) is 16.3 Å². The summed E-state index contributed by atoms with van der Waals surface area (Å²) in [5.74, 6) is -0.532. The molecule has 0 radical (unpaired) electrons. The Morgan fingerprint density at radius 3 is 2.64 bits per heavy atom. The summed E-state index contributed by atoms with van der Waals surface area (Å²) in [7, 11) is 0. The zero-order valence-corrected chi connectivity index (χ0v) is 16.2. The Bertz CT molecular complexity index is 960. The molecule has 0 bridgehead atoms. The molecule has 2 heterocycles. The van der Waals surface area contributed by atoms with Crippen molar-refractivity contribution < 1.29 is 10.0 Å². The fraction of sp³-hybridized carbons (Fsp3) is 0.238. The lowest BCUT2D eigenvalue weighted by Gasteiger charge is -2.36. The van der Waals surface area contributed by atoms with E-state index in [2.05, 4.69) is 34.1 Å². The van der Waals surface area contributed by atoms with Crippen LogP contribution < -0.4 is 10.4 Å². The van der Waals surface area contributed by atoms with E-state index < -0.39 is 5.91 Å². The molecule has 0 saturated carbocycles. The Kier molecular flexibility index (Phi) is 5.66. The number of aromatic nitrogens is 1. The number of amides is 1. The van der Waals surface area contributed by atoms with E-state index in [4.69, 9.17) is 10.2 Å². The van der Waals surface area contributed by atoms with Crippen LogP contribution in [0.1, 0.15) is 10.6 Å². The third-order valence-electron chi connectivity index (χ3n) is 4.87. The number of thiazole rings is 1. The van der Waals surface area contributed by atoms with Crippen LogP contribution in [-0.2, 0) is 11.3 Å². The van der Waals surface area contributed by atoms with E-state index in [-0.39, 0.29) is 0 Å². The Balaban J connectivity index is 1.40. The highest BCUT2D eigenvalue weighted by Crippen LogP contribution is 2.25. The number of hydrogen-bond acceptors (Lipinski definition) is 6. The van der Waals surface area contributed by atoms with Crippen molar-refractivity contribution in [2.45, 2.75) is 6.54 Å². The molecule has 28 heavy (non-hydrogen) atoms. The number of hydroxylamine groups is 1. The van der Waals surface area contributed by atoms with Crippen molar-refractivity contribution in [2.24, 2.45) is 0 Å². The van der Waals surface area contributed by atoms with Crippen LogP contribution in [0.3, 0.4) is 0 Å². The first kappa shape index (κ1) is 18.6. The van der Waals surface area contributed by atoms with Gasteiger partial charge in [0.25, 0.3) is 5.91 Å². The maximum Gasteiger partial charge on any atom is 0.267 e. The average Bonchev–Trinajstić information content (AvgIpc) is 3.15. The highest BCUT2D eigenvalue weighted by molar-refractivity contribution is 7.18. The van der Waals surface area contributed by atoms with E-state index in [1.54, 1.807) is 22.9 Å². The first-order valence-electron chi connectivity index (χ1n) is 9.26. The van der Waals surface area contributed by atoms with Crippen molar-refractivity contribution >= 4 is 39.2 Å². The molecule has 0 aliphatic carbocycles. The van der Waals surface area contributed by atoms with Crippen LogP contribution >= 0.6 is 11.3 Å². The zero-order valence-electron chi connectivity index (χ0n) is 15.4. The minimum atomic E-state index is -0.532. The zero-order chi connectivity index (χ0) is 19.3. The van der Waals surface area contributed by atoms with Crippen molar-refractivity contribution in [3.63, 3.8) is 0 Å². The second-order valence-electron chi connectivity index (χ2n) is 6.71. The number of rotatable bonds is 5. The molecule has 1 aliphatic heterocycles. The van der Waals surface area contributed by atoms with Crippen LogP contribution in [0.2, 0.25) is 0 Å². The van der Waals surface area contributed by atoms with Crippen molar-refractivity contribution in [3.8, 4) is 0 Å². The van der Waals surface area contributed by atoms with Crippen LogP contribution in [-0.4, -0.2) is 47.2 Å². The normalized spacial score (nSPS) is 15.4. The van der Waals surface area contributed by atoms with Gasteiger partial charge in [-0.2, -0.15) is 0 Å². The number of carbonyl (C=O) groups excluding carboxylic acids is 1. The summed E-state index contributed by atoms with van der Waals surface area (Å²) in [6.07, 6.45) is 3.07. The first-order valence-corrected chi connectivity index (χ1v) is 10.1. The van der Waals surface area contributed by atoms with Gasteiger partial charge in [-0.1, -0.05) is 30.3 Å². The third-order valence-corrected chi connectivity index (χ3v) is 5.89. The van der Waals surface area contributed by atoms with Gasteiger partial charge in [-0.25, -0.2) is 10.5 Å². The molecule has 1 saturated heterocycles. The van der Waals surface area contributed by atoms with E-state index in [1.165, 1.54) is 10.8 Å². The van der Waals surface area contributed by atoms with Crippen molar-refractivity contribution in [1.29, 1.82) is 0 Å². The smallest absolute Gasteiger partial charge is 0.267 e. The minimum absolute atomic E-state index is 0.532. The first-order chi connectivity index (χ1) is 13.7. The second-order valence-corrected chi connectivity index (χ2v) is 7.82. The van der Waals surface area contributed by atoms with Gasteiger partial charge in [0.2, 0.25) is 0 Å². The standard InChI is InChI=1S/C21H22N4O2S/c26-20(23-27)10-9-16-5-1-3-7-18(16)25-13-11-24(12-14-25)15-21-22-17-6-2-4-8-19(17)28-21/h1-10,27H,11-15H2,(H,23,26)/b10-9+. The minimum Gasteiger partial charge on any atom is -0.368 e. The number of benzene rings is 2. The molecule has 1 amide bonds. The molecule has 7 heteroatoms. The largest absolute Gasteiger partial charge is 0.368 e. The highest BCUT2D eigenvalue weighted by Gasteiger charge is 2.19. The molecule has 144 valence electrons. The van der Waals surface area contributed by atoms with Crippen LogP contribution in [0.15, 0.2) is 54.6 Å². The predicted octanol–water partition coefficient (Wildman–Crippen LogP) is 3.14. The van der Waals surface area contributed by atoms with Gasteiger partial charge in [-0.3, -0.25) is 14.9 Å². The summed E-state index contributed by atoms with van der Waals surface area (Å²) >= 11 is 1.77. The molecule has 1 aromatic heterocycles. The van der Waals surface area contributed by atoms with Crippen LogP contribution in [0.4, 0.5) is 5.69 Å². The van der Waals surface area contributed by atoms with Crippen LogP contribution in [0.5, 0.6) is 0 Å². The summed E-state index contributed by atoms with van der Waals surface area (Å²) in [4.78, 5) is 20.8. The summed E-state index contributed by atoms with van der Waals surface area (Å²) in [6.45, 7) is 4.64. The van der Waals surface area contributed by atoms with Gasteiger partial charge >= 0.3 is 0 Å². The molecular weight excluding hydrogens is 372 g/mol. The molecule has 2 N–H and O–H groups in total. The quantitative estimate of drug-likeness (QED) is 0.395. The number of hydrogen-bond donors (Lipinski definition) is 2. The van der Waals surface area contributed by atoms with Gasteiger partial charge in [-0.15, -0.1) is 11.3 Å². The SMILES string of the molecule is O=C(/C=C/c1ccccc1N1CCN(Cc2nc3ccccc3s2)CC1)NO. The van der Waals surface area contributed by atoms with Crippen molar-refractivity contribution in [3.05, 3.63) is 65.2 Å². The number of nitrogens with zero attached hydrogens (tertiary/aromatic N) is 3. The van der Waals surface area contributed by atoms with Crippen molar-refractivity contribution in [1.82, 2.24) is 15.4 Å². The molecule has 4 rings (SSSR count). The monoisotopic (exact) mass is 394 g/mol. The topological polar surface area (TPSA) is 68.7 Å². The number of fused-ring (bicyclic) bond motifs is 1.